The van der Waals surface area contributed by atoms with E-state index >= 15 is 0 Å². The molecule has 0 atom stereocenters. The Labute approximate surface area is 106 Å². The molecule has 0 radical (unpaired) electrons. The molecular weight excluding hydrogens is 232 g/mol. The number of nitrogens with two attached hydrogens (primary N) is 1. The highest BCUT2D eigenvalue weighted by Gasteiger charge is 2.16. The number of amides is 1. The van der Waals surface area contributed by atoms with Gasteiger partial charge in [-0.05, 0) is 25.0 Å². The average molecular weight is 250 g/mol. The highest BCUT2D eigenvalue weighted by molar-refractivity contribution is 8.00. The van der Waals surface area contributed by atoms with E-state index in [4.69, 9.17) is 5.73 Å². The van der Waals surface area contributed by atoms with Crippen molar-refractivity contribution in [3.8, 4) is 0 Å². The largest absolute Gasteiger partial charge is 0.398 e. The number of carbonyl (C=O) groups excluding carboxylic acids is 1. The number of benzene rings is 1. The second kappa shape index (κ2) is 5.96. The van der Waals surface area contributed by atoms with Gasteiger partial charge in [-0.25, -0.2) is 0 Å². The molecule has 0 aromatic heterocycles. The van der Waals surface area contributed by atoms with Gasteiger partial charge in [0.1, 0.15) is 0 Å². The second-order valence-electron chi connectivity index (χ2n) is 4.38. The topological polar surface area (TPSA) is 55.1 Å². The Balaban J connectivity index is 1.77. The molecule has 1 aromatic rings. The highest BCUT2D eigenvalue weighted by atomic mass is 32.2. The van der Waals surface area contributed by atoms with Crippen molar-refractivity contribution in [1.82, 2.24) is 5.32 Å². The first-order valence-electron chi connectivity index (χ1n) is 6.02. The summed E-state index contributed by atoms with van der Waals surface area (Å²) in [5.74, 6) is 0.565. The number of nitrogens with one attached hydrogen (secondary N) is 1. The summed E-state index contributed by atoms with van der Waals surface area (Å²) in [6.07, 6.45) is 4.74. The van der Waals surface area contributed by atoms with E-state index in [1.165, 1.54) is 24.6 Å². The van der Waals surface area contributed by atoms with Crippen LogP contribution in [0.1, 0.15) is 25.7 Å². The third-order valence-electron chi connectivity index (χ3n) is 3.00. The summed E-state index contributed by atoms with van der Waals surface area (Å²) >= 11 is 1.50. The minimum absolute atomic E-state index is 0.116. The van der Waals surface area contributed by atoms with Crippen LogP contribution in [0.2, 0.25) is 0 Å². The van der Waals surface area contributed by atoms with Crippen molar-refractivity contribution in [3.05, 3.63) is 24.3 Å². The molecule has 0 bridgehead atoms. The summed E-state index contributed by atoms with van der Waals surface area (Å²) in [6, 6.07) is 8.04. The molecule has 1 aliphatic rings. The third kappa shape index (κ3) is 3.66. The SMILES string of the molecule is Nc1ccccc1SCC(=O)NC1CCCC1. The summed E-state index contributed by atoms with van der Waals surface area (Å²) < 4.78 is 0. The number of nitrogen functional groups attached to an aromatic ring is 1. The van der Waals surface area contributed by atoms with Crippen LogP contribution in [0.5, 0.6) is 0 Å². The minimum atomic E-state index is 0.116. The van der Waals surface area contributed by atoms with Crippen LogP contribution in [0.3, 0.4) is 0 Å². The molecule has 0 unspecified atom stereocenters. The number of thioether (sulfide) groups is 1. The van der Waals surface area contributed by atoms with E-state index in [0.717, 1.165) is 23.4 Å². The lowest BCUT2D eigenvalue weighted by Crippen LogP contribution is -2.33. The maximum absolute atomic E-state index is 11.7. The van der Waals surface area contributed by atoms with Crippen molar-refractivity contribution in [2.75, 3.05) is 11.5 Å². The maximum atomic E-state index is 11.7. The van der Waals surface area contributed by atoms with Crippen molar-refractivity contribution in [3.63, 3.8) is 0 Å². The number of rotatable bonds is 4. The van der Waals surface area contributed by atoms with Gasteiger partial charge in [0.25, 0.3) is 0 Å². The Morgan fingerprint density at radius 3 is 2.76 bits per heavy atom. The average Bonchev–Trinajstić information content (AvgIpc) is 2.81. The molecule has 4 heteroatoms. The van der Waals surface area contributed by atoms with Crippen molar-refractivity contribution in [1.29, 1.82) is 0 Å². The zero-order chi connectivity index (χ0) is 12.1. The van der Waals surface area contributed by atoms with Crippen molar-refractivity contribution >= 4 is 23.4 Å². The van der Waals surface area contributed by atoms with Gasteiger partial charge in [0.2, 0.25) is 5.91 Å². The fraction of sp³-hybridized carbons (Fsp3) is 0.462. The van der Waals surface area contributed by atoms with Crippen LogP contribution >= 0.6 is 11.8 Å². The molecule has 1 saturated carbocycles. The highest BCUT2D eigenvalue weighted by Crippen LogP contribution is 2.24. The molecule has 3 nitrogen and oxygen atoms in total. The van der Waals surface area contributed by atoms with Crippen LogP contribution in [0.25, 0.3) is 0 Å². The van der Waals surface area contributed by atoms with Crippen molar-refractivity contribution in [2.24, 2.45) is 0 Å². The fourth-order valence-corrected chi connectivity index (χ4v) is 2.87. The monoisotopic (exact) mass is 250 g/mol. The zero-order valence-corrected chi connectivity index (χ0v) is 10.6. The van der Waals surface area contributed by atoms with Gasteiger partial charge in [-0.1, -0.05) is 25.0 Å². The third-order valence-corrected chi connectivity index (χ3v) is 4.09. The molecule has 0 heterocycles. The van der Waals surface area contributed by atoms with E-state index in [9.17, 15) is 4.79 Å². The molecule has 2 rings (SSSR count). The molecule has 3 N–H and O–H groups in total. The van der Waals surface area contributed by atoms with Crippen LogP contribution in [0, 0.1) is 0 Å². The number of carbonyl (C=O) groups is 1. The molecule has 1 aliphatic carbocycles. The standard InChI is InChI=1S/C13H18N2OS/c14-11-7-3-4-8-12(11)17-9-13(16)15-10-5-1-2-6-10/h3-4,7-8,10H,1-2,5-6,9,14H2,(H,15,16). The first kappa shape index (κ1) is 12.3. The molecule has 0 aliphatic heterocycles. The molecule has 17 heavy (non-hydrogen) atoms. The molecular formula is C13H18N2OS. The predicted octanol–water partition coefficient (Wildman–Crippen LogP) is 2.42. The number of para-hydroxylation sites is 1. The number of hydrogen-bond donors (Lipinski definition) is 2. The van der Waals surface area contributed by atoms with Crippen LogP contribution in [-0.2, 0) is 4.79 Å². The van der Waals surface area contributed by atoms with Gasteiger partial charge in [-0.2, -0.15) is 0 Å². The van der Waals surface area contributed by atoms with E-state index in [1.807, 2.05) is 24.3 Å². The molecule has 92 valence electrons. The lowest BCUT2D eigenvalue weighted by molar-refractivity contribution is -0.119. The Bertz CT molecular complexity index is 389. The van der Waals surface area contributed by atoms with Gasteiger partial charge in [-0.15, -0.1) is 11.8 Å². The van der Waals surface area contributed by atoms with E-state index in [1.54, 1.807) is 0 Å². The summed E-state index contributed by atoms with van der Waals surface area (Å²) in [6.45, 7) is 0. The summed E-state index contributed by atoms with van der Waals surface area (Å²) in [7, 11) is 0. The fourth-order valence-electron chi connectivity index (χ4n) is 2.09. The molecule has 1 fully saturated rings. The second-order valence-corrected chi connectivity index (χ2v) is 5.39. The smallest absolute Gasteiger partial charge is 0.230 e. The van der Waals surface area contributed by atoms with Crippen LogP contribution in [0.15, 0.2) is 29.2 Å². The van der Waals surface area contributed by atoms with Gasteiger partial charge in [0.15, 0.2) is 0 Å². The van der Waals surface area contributed by atoms with E-state index in [-0.39, 0.29) is 5.91 Å². The summed E-state index contributed by atoms with van der Waals surface area (Å²) in [5, 5.41) is 3.07. The Kier molecular flexibility index (Phi) is 4.31. The molecule has 1 aromatic carbocycles. The van der Waals surface area contributed by atoms with Crippen LogP contribution in [-0.4, -0.2) is 17.7 Å². The quantitative estimate of drug-likeness (QED) is 0.637. The number of hydrogen-bond acceptors (Lipinski definition) is 3. The Morgan fingerprint density at radius 2 is 2.06 bits per heavy atom. The van der Waals surface area contributed by atoms with Gasteiger partial charge >= 0.3 is 0 Å². The van der Waals surface area contributed by atoms with E-state index < -0.39 is 0 Å². The molecule has 1 amide bonds. The molecule has 0 spiro atoms. The lowest BCUT2D eigenvalue weighted by atomic mass is 10.2. The van der Waals surface area contributed by atoms with Crippen molar-refractivity contribution in [2.45, 2.75) is 36.6 Å². The van der Waals surface area contributed by atoms with E-state index in [0.29, 0.717) is 11.8 Å². The molecule has 0 saturated heterocycles. The van der Waals surface area contributed by atoms with Crippen LogP contribution < -0.4 is 11.1 Å². The van der Waals surface area contributed by atoms with Crippen molar-refractivity contribution < 1.29 is 4.79 Å². The van der Waals surface area contributed by atoms with Gasteiger partial charge in [-0.3, -0.25) is 4.79 Å². The number of anilines is 1. The minimum Gasteiger partial charge on any atom is -0.398 e. The summed E-state index contributed by atoms with van der Waals surface area (Å²) in [5.41, 5.74) is 6.56. The first-order valence-corrected chi connectivity index (χ1v) is 7.01. The van der Waals surface area contributed by atoms with E-state index in [2.05, 4.69) is 5.32 Å². The normalized spacial score (nSPS) is 16.0. The summed E-state index contributed by atoms with van der Waals surface area (Å²) in [4.78, 5) is 12.7. The van der Waals surface area contributed by atoms with Gasteiger partial charge < -0.3 is 11.1 Å². The maximum Gasteiger partial charge on any atom is 0.230 e. The van der Waals surface area contributed by atoms with Crippen LogP contribution in [0.4, 0.5) is 5.69 Å². The zero-order valence-electron chi connectivity index (χ0n) is 9.82. The first-order chi connectivity index (χ1) is 8.25. The van der Waals surface area contributed by atoms with Gasteiger partial charge in [0.05, 0.1) is 5.75 Å². The predicted molar refractivity (Wildman–Crippen MR) is 72.0 cm³/mol. The lowest BCUT2D eigenvalue weighted by Gasteiger charge is -2.11. The Hall–Kier alpha value is -1.16. The Morgan fingerprint density at radius 1 is 1.35 bits per heavy atom. The van der Waals surface area contributed by atoms with Gasteiger partial charge in [0, 0.05) is 16.6 Å².